The Morgan fingerprint density at radius 2 is 1.75 bits per heavy atom. The number of hydrogen-bond donors (Lipinski definition) is 3. The van der Waals surface area contributed by atoms with Crippen molar-refractivity contribution in [1.29, 1.82) is 0 Å². The zero-order valence-electron chi connectivity index (χ0n) is 13.9. The Morgan fingerprint density at radius 3 is 2.38 bits per heavy atom. The minimum Gasteiger partial charge on any atom is -0.480 e. The molecule has 2 aromatic rings. The average Bonchev–Trinajstić information content (AvgIpc) is 2.53. The van der Waals surface area contributed by atoms with Gasteiger partial charge in [-0.1, -0.05) is 56.3 Å². The van der Waals surface area contributed by atoms with Gasteiger partial charge in [0.1, 0.15) is 12.1 Å². The smallest absolute Gasteiger partial charge is 0.326 e. The van der Waals surface area contributed by atoms with E-state index in [1.165, 1.54) is 0 Å². The first kappa shape index (κ1) is 17.9. The van der Waals surface area contributed by atoms with E-state index in [-0.39, 0.29) is 12.3 Å². The van der Waals surface area contributed by atoms with Gasteiger partial charge in [0.25, 0.3) is 0 Å². The summed E-state index contributed by atoms with van der Waals surface area (Å²) in [5, 5.41) is 23.7. The van der Waals surface area contributed by atoms with Gasteiger partial charge in [-0.05, 0) is 28.7 Å². The number of benzene rings is 2. The highest BCUT2D eigenvalue weighted by Gasteiger charge is 2.24. The fourth-order valence-corrected chi connectivity index (χ4v) is 2.62. The molecule has 128 valence electrons. The van der Waals surface area contributed by atoms with Crippen LogP contribution in [0.3, 0.4) is 0 Å². The first-order valence-corrected chi connectivity index (χ1v) is 8.05. The number of carboxylic acids is 1. The zero-order valence-corrected chi connectivity index (χ0v) is 13.9. The van der Waals surface area contributed by atoms with Crippen molar-refractivity contribution in [2.45, 2.75) is 38.8 Å². The van der Waals surface area contributed by atoms with Crippen LogP contribution in [0.15, 0.2) is 42.5 Å². The van der Waals surface area contributed by atoms with E-state index in [1.807, 2.05) is 56.3 Å². The molecule has 0 bridgehead atoms. The summed E-state index contributed by atoms with van der Waals surface area (Å²) in [7, 11) is 0. The third kappa shape index (κ3) is 4.80. The second-order valence-corrected chi connectivity index (χ2v) is 6.43. The number of carbonyl (C=O) groups excluding carboxylic acids is 1. The summed E-state index contributed by atoms with van der Waals surface area (Å²) in [5.41, 5.74) is 0.819. The van der Waals surface area contributed by atoms with Crippen molar-refractivity contribution in [1.82, 2.24) is 5.32 Å². The van der Waals surface area contributed by atoms with E-state index in [4.69, 9.17) is 0 Å². The molecule has 0 aliphatic carbocycles. The van der Waals surface area contributed by atoms with Gasteiger partial charge in [0, 0.05) is 6.42 Å². The molecule has 0 fully saturated rings. The molecule has 5 heteroatoms. The molecular weight excluding hydrogens is 306 g/mol. The summed E-state index contributed by atoms with van der Waals surface area (Å²) >= 11 is 0. The highest BCUT2D eigenvalue weighted by Crippen LogP contribution is 2.17. The monoisotopic (exact) mass is 329 g/mol. The van der Waals surface area contributed by atoms with Crippen molar-refractivity contribution in [2.24, 2.45) is 5.92 Å². The highest BCUT2D eigenvalue weighted by molar-refractivity contribution is 5.87. The fraction of sp³-hybridized carbons (Fsp3) is 0.368. The van der Waals surface area contributed by atoms with Crippen LogP contribution in [0.1, 0.15) is 25.8 Å². The number of rotatable bonds is 7. The normalized spacial score (nSPS) is 13.7. The maximum Gasteiger partial charge on any atom is 0.326 e. The quantitative estimate of drug-likeness (QED) is 0.728. The molecule has 0 spiro atoms. The van der Waals surface area contributed by atoms with E-state index in [0.717, 1.165) is 16.3 Å². The number of nitrogens with one attached hydrogen (secondary N) is 1. The Kier molecular flexibility index (Phi) is 5.93. The van der Waals surface area contributed by atoms with E-state index >= 15 is 0 Å². The number of aliphatic carboxylic acids is 1. The van der Waals surface area contributed by atoms with Crippen LogP contribution < -0.4 is 5.32 Å². The molecule has 0 saturated heterocycles. The molecule has 2 aromatic carbocycles. The highest BCUT2D eigenvalue weighted by atomic mass is 16.4. The molecule has 0 unspecified atom stereocenters. The second kappa shape index (κ2) is 7.93. The van der Waals surface area contributed by atoms with Gasteiger partial charge < -0.3 is 15.5 Å². The predicted octanol–water partition coefficient (Wildman–Crippen LogP) is 2.36. The molecule has 2 rings (SSSR count). The van der Waals surface area contributed by atoms with Gasteiger partial charge >= 0.3 is 5.97 Å². The molecule has 0 saturated carbocycles. The van der Waals surface area contributed by atoms with Crippen LogP contribution in [-0.2, 0) is 16.0 Å². The van der Waals surface area contributed by atoms with Crippen LogP contribution in [-0.4, -0.2) is 34.2 Å². The van der Waals surface area contributed by atoms with Gasteiger partial charge in [-0.3, -0.25) is 4.79 Å². The molecule has 0 aromatic heterocycles. The Bertz CT molecular complexity index is 726. The van der Waals surface area contributed by atoms with E-state index in [1.54, 1.807) is 0 Å². The Morgan fingerprint density at radius 1 is 1.08 bits per heavy atom. The molecule has 1 amide bonds. The maximum atomic E-state index is 12.0. The van der Waals surface area contributed by atoms with Gasteiger partial charge in [0.15, 0.2) is 0 Å². The lowest BCUT2D eigenvalue weighted by atomic mass is 10.0. The van der Waals surface area contributed by atoms with E-state index in [9.17, 15) is 19.8 Å². The molecule has 0 heterocycles. The van der Waals surface area contributed by atoms with Gasteiger partial charge in [-0.2, -0.15) is 0 Å². The number of aliphatic hydroxyl groups is 1. The number of carbonyl (C=O) groups is 2. The minimum absolute atomic E-state index is 0.148. The average molecular weight is 329 g/mol. The lowest BCUT2D eigenvalue weighted by Crippen LogP contribution is -2.46. The number of hydrogen-bond acceptors (Lipinski definition) is 3. The summed E-state index contributed by atoms with van der Waals surface area (Å²) < 4.78 is 0. The molecular formula is C19H23NO4. The molecule has 0 aliphatic rings. The molecule has 0 aliphatic heterocycles. The number of carboxylic acid groups (broad SMARTS) is 1. The lowest BCUT2D eigenvalue weighted by Gasteiger charge is -2.18. The summed E-state index contributed by atoms with van der Waals surface area (Å²) in [5.74, 6) is -1.61. The zero-order chi connectivity index (χ0) is 17.7. The Labute approximate surface area is 141 Å². The van der Waals surface area contributed by atoms with Gasteiger partial charge in [0.2, 0.25) is 5.91 Å². The second-order valence-electron chi connectivity index (χ2n) is 6.43. The van der Waals surface area contributed by atoms with Crippen molar-refractivity contribution in [2.75, 3.05) is 0 Å². The van der Waals surface area contributed by atoms with Gasteiger partial charge in [0.05, 0.1) is 0 Å². The van der Waals surface area contributed by atoms with E-state index in [0.29, 0.717) is 6.42 Å². The van der Waals surface area contributed by atoms with Crippen molar-refractivity contribution < 1.29 is 19.8 Å². The molecule has 0 radical (unpaired) electrons. The largest absolute Gasteiger partial charge is 0.480 e. The first-order chi connectivity index (χ1) is 11.4. The van der Waals surface area contributed by atoms with Crippen molar-refractivity contribution in [3.05, 3.63) is 48.0 Å². The number of amides is 1. The molecule has 3 N–H and O–H groups in total. The van der Waals surface area contributed by atoms with Crippen molar-refractivity contribution in [3.63, 3.8) is 0 Å². The third-order valence-corrected chi connectivity index (χ3v) is 3.87. The van der Waals surface area contributed by atoms with Crippen LogP contribution in [0.2, 0.25) is 0 Å². The van der Waals surface area contributed by atoms with Crippen LogP contribution >= 0.6 is 0 Å². The van der Waals surface area contributed by atoms with Crippen molar-refractivity contribution >= 4 is 22.6 Å². The maximum absolute atomic E-state index is 12.0. The predicted molar refractivity (Wildman–Crippen MR) is 92.7 cm³/mol. The molecule has 2 atom stereocenters. The molecule has 5 nitrogen and oxygen atoms in total. The van der Waals surface area contributed by atoms with Crippen LogP contribution in [0.4, 0.5) is 0 Å². The minimum atomic E-state index is -1.19. The fourth-order valence-electron chi connectivity index (χ4n) is 2.62. The standard InChI is InChI=1S/C19H23NO4/c1-12(2)9-17(21)18(22)20-16(19(23)24)11-13-7-8-14-5-3-4-6-15(14)10-13/h3-8,10,12,16-17,21H,9,11H2,1-2H3,(H,20,22)(H,23,24)/t16-,17+/m0/s1. The van der Waals surface area contributed by atoms with Crippen LogP contribution in [0.5, 0.6) is 0 Å². The Hall–Kier alpha value is -2.40. The SMILES string of the molecule is CC(C)C[C@@H](O)C(=O)N[C@@H](Cc1ccc2ccccc2c1)C(=O)O. The van der Waals surface area contributed by atoms with E-state index < -0.39 is 24.0 Å². The summed E-state index contributed by atoms with van der Waals surface area (Å²) in [4.78, 5) is 23.4. The molecule has 24 heavy (non-hydrogen) atoms. The first-order valence-electron chi connectivity index (χ1n) is 8.05. The number of fused-ring (bicyclic) bond motifs is 1. The summed E-state index contributed by atoms with van der Waals surface area (Å²) in [6.07, 6.45) is -0.725. The summed E-state index contributed by atoms with van der Waals surface area (Å²) in [6.45, 7) is 3.78. The topological polar surface area (TPSA) is 86.6 Å². The van der Waals surface area contributed by atoms with Gasteiger partial charge in [-0.25, -0.2) is 4.79 Å². The number of aliphatic hydroxyl groups excluding tert-OH is 1. The van der Waals surface area contributed by atoms with Crippen LogP contribution in [0, 0.1) is 5.92 Å². The van der Waals surface area contributed by atoms with E-state index in [2.05, 4.69) is 5.32 Å². The summed E-state index contributed by atoms with van der Waals surface area (Å²) in [6, 6.07) is 12.4. The van der Waals surface area contributed by atoms with Crippen molar-refractivity contribution in [3.8, 4) is 0 Å². The third-order valence-electron chi connectivity index (χ3n) is 3.87. The van der Waals surface area contributed by atoms with Crippen LogP contribution in [0.25, 0.3) is 10.8 Å². The van der Waals surface area contributed by atoms with Gasteiger partial charge in [-0.15, -0.1) is 0 Å². The Balaban J connectivity index is 2.09. The lowest BCUT2D eigenvalue weighted by molar-refractivity contribution is -0.143.